The third kappa shape index (κ3) is 2.97. The molecule has 4 N–H and O–H groups in total. The van der Waals surface area contributed by atoms with E-state index >= 15 is 0 Å². The second-order valence-electron chi connectivity index (χ2n) is 4.66. The van der Waals surface area contributed by atoms with Gasteiger partial charge in [-0.05, 0) is 37.1 Å². The van der Waals surface area contributed by atoms with Crippen molar-refractivity contribution in [3.63, 3.8) is 0 Å². The third-order valence-corrected chi connectivity index (χ3v) is 3.44. The summed E-state index contributed by atoms with van der Waals surface area (Å²) in [4.78, 5) is 2.15. The fraction of sp³-hybridized carbons (Fsp3) is 0.538. The molecule has 0 radical (unpaired) electrons. The summed E-state index contributed by atoms with van der Waals surface area (Å²) in [6, 6.07) is 7.50. The van der Waals surface area contributed by atoms with Crippen LogP contribution >= 0.6 is 0 Å². The van der Waals surface area contributed by atoms with Crippen LogP contribution in [0.1, 0.15) is 24.5 Å². The van der Waals surface area contributed by atoms with E-state index in [0.29, 0.717) is 12.2 Å². The molecule has 2 unspecified atom stereocenters. The van der Waals surface area contributed by atoms with E-state index in [4.69, 9.17) is 5.73 Å². The predicted octanol–water partition coefficient (Wildman–Crippen LogP) is 0.759. The summed E-state index contributed by atoms with van der Waals surface area (Å²) in [5.74, 6) is 0. The zero-order valence-corrected chi connectivity index (χ0v) is 9.92. The normalized spacial score (nSPS) is 22.8. The van der Waals surface area contributed by atoms with Crippen molar-refractivity contribution in [2.75, 3.05) is 25.4 Å². The summed E-state index contributed by atoms with van der Waals surface area (Å²) in [7, 11) is 0. The van der Waals surface area contributed by atoms with E-state index in [0.717, 1.165) is 24.9 Å². The number of anilines is 1. The minimum atomic E-state index is -0.511. The number of nitrogens with zero attached hydrogens (tertiary/aromatic N) is 1. The number of likely N-dealkylation sites (tertiary alicyclic amines) is 1. The van der Waals surface area contributed by atoms with Crippen molar-refractivity contribution in [1.29, 1.82) is 0 Å². The fourth-order valence-electron chi connectivity index (χ4n) is 2.39. The second kappa shape index (κ2) is 5.49. The maximum Gasteiger partial charge on any atom is 0.0917 e. The van der Waals surface area contributed by atoms with Crippen LogP contribution in [0.2, 0.25) is 0 Å². The lowest BCUT2D eigenvalue weighted by Gasteiger charge is -2.25. The van der Waals surface area contributed by atoms with E-state index in [2.05, 4.69) is 4.90 Å². The zero-order valence-electron chi connectivity index (χ0n) is 9.92. The van der Waals surface area contributed by atoms with Gasteiger partial charge >= 0.3 is 0 Å². The zero-order chi connectivity index (χ0) is 12.3. The average Bonchev–Trinajstić information content (AvgIpc) is 2.77. The van der Waals surface area contributed by atoms with Crippen molar-refractivity contribution < 1.29 is 10.2 Å². The summed E-state index contributed by atoms with van der Waals surface area (Å²) < 4.78 is 0. The van der Waals surface area contributed by atoms with Gasteiger partial charge in [0, 0.05) is 18.3 Å². The van der Waals surface area contributed by atoms with E-state index < -0.39 is 6.10 Å². The van der Waals surface area contributed by atoms with Crippen molar-refractivity contribution in [3.8, 4) is 0 Å². The Labute approximate surface area is 102 Å². The number of aliphatic hydroxyl groups excluding tert-OH is 2. The smallest absolute Gasteiger partial charge is 0.0917 e. The Morgan fingerprint density at radius 3 is 2.71 bits per heavy atom. The van der Waals surface area contributed by atoms with Gasteiger partial charge in [-0.25, -0.2) is 0 Å². The molecule has 1 aliphatic heterocycles. The van der Waals surface area contributed by atoms with Crippen molar-refractivity contribution in [2.24, 2.45) is 0 Å². The molecule has 1 aliphatic rings. The molecule has 4 heteroatoms. The first kappa shape index (κ1) is 12.4. The quantitative estimate of drug-likeness (QED) is 0.675. The van der Waals surface area contributed by atoms with Crippen molar-refractivity contribution in [1.82, 2.24) is 4.90 Å². The average molecular weight is 236 g/mol. The number of nitrogens with two attached hydrogens (primary N) is 1. The van der Waals surface area contributed by atoms with Crippen molar-refractivity contribution in [2.45, 2.75) is 25.0 Å². The van der Waals surface area contributed by atoms with Gasteiger partial charge < -0.3 is 15.9 Å². The summed E-state index contributed by atoms with van der Waals surface area (Å²) in [6.07, 6.45) is 1.60. The van der Waals surface area contributed by atoms with E-state index in [9.17, 15) is 10.2 Å². The van der Waals surface area contributed by atoms with Gasteiger partial charge in [0.25, 0.3) is 0 Å². The van der Waals surface area contributed by atoms with Gasteiger partial charge in [0.15, 0.2) is 0 Å². The highest BCUT2D eigenvalue weighted by atomic mass is 16.3. The van der Waals surface area contributed by atoms with Gasteiger partial charge in [-0.2, -0.15) is 0 Å². The van der Waals surface area contributed by atoms with E-state index in [1.807, 2.05) is 12.1 Å². The highest BCUT2D eigenvalue weighted by Crippen LogP contribution is 2.22. The van der Waals surface area contributed by atoms with Crippen LogP contribution in [0.25, 0.3) is 0 Å². The largest absolute Gasteiger partial charge is 0.399 e. The van der Waals surface area contributed by atoms with Crippen LogP contribution in [0.5, 0.6) is 0 Å². The molecule has 1 aromatic rings. The monoisotopic (exact) mass is 236 g/mol. The molecule has 0 spiro atoms. The minimum absolute atomic E-state index is 0.175. The Morgan fingerprint density at radius 1 is 1.35 bits per heavy atom. The number of rotatable bonds is 4. The molecule has 0 bridgehead atoms. The SMILES string of the molecule is Nc1ccc(C(O)CN2CCCC2CO)cc1. The molecule has 17 heavy (non-hydrogen) atoms. The molecule has 2 rings (SSSR count). The molecule has 4 nitrogen and oxygen atoms in total. The summed E-state index contributed by atoms with van der Waals surface area (Å²) in [5, 5.41) is 19.3. The number of aliphatic hydroxyl groups is 2. The lowest BCUT2D eigenvalue weighted by Crippen LogP contribution is -2.35. The molecule has 94 valence electrons. The predicted molar refractivity (Wildman–Crippen MR) is 67.5 cm³/mol. The number of hydrogen-bond acceptors (Lipinski definition) is 4. The van der Waals surface area contributed by atoms with Gasteiger partial charge in [0.1, 0.15) is 0 Å². The highest BCUT2D eigenvalue weighted by Gasteiger charge is 2.25. The molecular weight excluding hydrogens is 216 g/mol. The Balaban J connectivity index is 1.96. The van der Waals surface area contributed by atoms with Crippen LogP contribution in [-0.4, -0.2) is 40.9 Å². The van der Waals surface area contributed by atoms with Gasteiger partial charge in [-0.3, -0.25) is 4.90 Å². The van der Waals surface area contributed by atoms with E-state index in [-0.39, 0.29) is 12.6 Å². The molecule has 0 aliphatic carbocycles. The molecule has 1 aromatic carbocycles. The number of benzene rings is 1. The lowest BCUT2D eigenvalue weighted by atomic mass is 10.1. The second-order valence-corrected chi connectivity index (χ2v) is 4.66. The first-order chi connectivity index (χ1) is 8.20. The van der Waals surface area contributed by atoms with E-state index in [1.54, 1.807) is 12.1 Å². The lowest BCUT2D eigenvalue weighted by molar-refractivity contribution is 0.0850. The van der Waals surface area contributed by atoms with Crippen LogP contribution in [0.15, 0.2) is 24.3 Å². The number of β-amino-alcohol motifs (C(OH)–C–C–N with tert-alkyl or cyclic N) is 1. The Hall–Kier alpha value is -1.10. The third-order valence-electron chi connectivity index (χ3n) is 3.44. The molecule has 0 saturated carbocycles. The van der Waals surface area contributed by atoms with Crippen LogP contribution in [0.4, 0.5) is 5.69 Å². The molecule has 2 atom stereocenters. The van der Waals surface area contributed by atoms with Crippen LogP contribution in [0.3, 0.4) is 0 Å². The van der Waals surface area contributed by atoms with Crippen molar-refractivity contribution in [3.05, 3.63) is 29.8 Å². The molecular formula is C13H20N2O2. The number of nitrogen functional groups attached to an aromatic ring is 1. The maximum atomic E-state index is 10.1. The summed E-state index contributed by atoms with van der Waals surface area (Å²) >= 11 is 0. The molecule has 0 amide bonds. The standard InChI is InChI=1S/C13H20N2O2/c14-11-5-3-10(4-6-11)13(17)8-15-7-1-2-12(15)9-16/h3-6,12-13,16-17H,1-2,7-9,14H2. The van der Waals surface area contributed by atoms with E-state index in [1.165, 1.54) is 0 Å². The Morgan fingerprint density at radius 2 is 2.06 bits per heavy atom. The van der Waals surface area contributed by atoms with Crippen LogP contribution in [-0.2, 0) is 0 Å². The molecule has 0 aromatic heterocycles. The summed E-state index contributed by atoms with van der Waals surface area (Å²) in [5.41, 5.74) is 7.19. The maximum absolute atomic E-state index is 10.1. The summed E-state index contributed by atoms with van der Waals surface area (Å²) in [6.45, 7) is 1.71. The first-order valence-corrected chi connectivity index (χ1v) is 6.09. The molecule has 1 fully saturated rings. The topological polar surface area (TPSA) is 69.7 Å². The Kier molecular flexibility index (Phi) is 3.99. The first-order valence-electron chi connectivity index (χ1n) is 6.09. The van der Waals surface area contributed by atoms with Crippen molar-refractivity contribution >= 4 is 5.69 Å². The number of hydrogen-bond donors (Lipinski definition) is 3. The van der Waals surface area contributed by atoms with Gasteiger partial charge in [-0.15, -0.1) is 0 Å². The van der Waals surface area contributed by atoms with Crippen LogP contribution in [0, 0.1) is 0 Å². The highest BCUT2D eigenvalue weighted by molar-refractivity contribution is 5.39. The van der Waals surface area contributed by atoms with Crippen LogP contribution < -0.4 is 5.73 Å². The fourth-order valence-corrected chi connectivity index (χ4v) is 2.39. The minimum Gasteiger partial charge on any atom is -0.399 e. The Bertz CT molecular complexity index is 353. The van der Waals surface area contributed by atoms with Gasteiger partial charge in [-0.1, -0.05) is 12.1 Å². The molecule has 1 saturated heterocycles. The van der Waals surface area contributed by atoms with Gasteiger partial charge in [0.05, 0.1) is 12.7 Å². The molecule has 1 heterocycles. The van der Waals surface area contributed by atoms with Gasteiger partial charge in [0.2, 0.25) is 0 Å².